The minimum absolute atomic E-state index is 0.315. The van der Waals surface area contributed by atoms with Gasteiger partial charge in [0.15, 0.2) is 0 Å². The van der Waals surface area contributed by atoms with E-state index < -0.39 is 5.60 Å². The van der Waals surface area contributed by atoms with E-state index in [1.807, 2.05) is 39.1 Å². The molecule has 146 valence electrons. The summed E-state index contributed by atoms with van der Waals surface area (Å²) in [4.78, 5) is 20.6. The molecule has 2 aromatic rings. The number of rotatable bonds is 3. The van der Waals surface area contributed by atoms with E-state index in [4.69, 9.17) is 16.3 Å². The van der Waals surface area contributed by atoms with E-state index in [0.29, 0.717) is 18.1 Å². The van der Waals surface area contributed by atoms with Crippen LogP contribution in [0, 0.1) is 0 Å². The monoisotopic (exact) mass is 454 g/mol. The zero-order valence-electron chi connectivity index (χ0n) is 16.0. The molecule has 27 heavy (non-hydrogen) atoms. The maximum absolute atomic E-state index is 12.2. The van der Waals surface area contributed by atoms with Crippen molar-refractivity contribution in [3.63, 3.8) is 0 Å². The lowest BCUT2D eigenvalue weighted by atomic mass is 10.1. The first-order valence-electron chi connectivity index (χ1n) is 8.86. The van der Waals surface area contributed by atoms with Gasteiger partial charge in [-0.3, -0.25) is 4.98 Å². The minimum Gasteiger partial charge on any atom is -0.444 e. The molecule has 0 saturated carbocycles. The Morgan fingerprint density at radius 2 is 2.19 bits per heavy atom. The van der Waals surface area contributed by atoms with Crippen LogP contribution in [0.15, 0.2) is 22.8 Å². The van der Waals surface area contributed by atoms with Crippen LogP contribution < -0.4 is 10.2 Å². The Bertz CT molecular complexity index is 869. The second-order valence-electron chi connectivity index (χ2n) is 7.62. The number of hydrogen-bond acceptors (Lipinski definition) is 5. The van der Waals surface area contributed by atoms with Crippen molar-refractivity contribution in [1.82, 2.24) is 9.88 Å². The molecule has 1 N–H and O–H groups in total. The lowest BCUT2D eigenvalue weighted by molar-refractivity contribution is 0.0303. The van der Waals surface area contributed by atoms with Gasteiger partial charge in [0.05, 0.1) is 28.1 Å². The number of fused-ring (bicyclic) bond motifs is 3. The van der Waals surface area contributed by atoms with E-state index in [1.54, 1.807) is 11.9 Å². The van der Waals surface area contributed by atoms with Crippen LogP contribution in [0.2, 0.25) is 5.02 Å². The number of anilines is 2. The number of nitrogens with zero attached hydrogens (tertiary/aromatic N) is 3. The maximum Gasteiger partial charge on any atom is 0.410 e. The summed E-state index contributed by atoms with van der Waals surface area (Å²) in [5.41, 5.74) is 2.42. The summed E-state index contributed by atoms with van der Waals surface area (Å²) < 4.78 is 6.25. The van der Waals surface area contributed by atoms with Crippen molar-refractivity contribution in [2.45, 2.75) is 26.4 Å². The predicted octanol–water partition coefficient (Wildman–Crippen LogP) is 4.75. The van der Waals surface area contributed by atoms with Gasteiger partial charge in [0.2, 0.25) is 0 Å². The zero-order valence-corrected chi connectivity index (χ0v) is 18.3. The normalized spacial score (nSPS) is 13.9. The van der Waals surface area contributed by atoms with E-state index in [2.05, 4.69) is 31.1 Å². The van der Waals surface area contributed by atoms with Crippen molar-refractivity contribution in [1.29, 1.82) is 0 Å². The van der Waals surface area contributed by atoms with Gasteiger partial charge in [0.1, 0.15) is 5.60 Å². The lowest BCUT2D eigenvalue weighted by Gasteiger charge is -2.34. The van der Waals surface area contributed by atoms with E-state index in [9.17, 15) is 4.79 Å². The van der Waals surface area contributed by atoms with Gasteiger partial charge < -0.3 is 19.9 Å². The Morgan fingerprint density at radius 1 is 1.44 bits per heavy atom. The number of aromatic nitrogens is 1. The standard InChI is InChI=1S/C19H24BrClN4O2/c1-19(2,3)27-18(26)24(4)7-8-25-6-5-22-16-11-23-15-10-13(20)14(21)9-12(15)17(16)25/h9-11,22H,5-8H2,1-4H3. The molecule has 0 aliphatic carbocycles. The number of benzene rings is 1. The SMILES string of the molecule is CN(CCN1CCNc2cnc3cc(Br)c(Cl)cc3c21)C(=O)OC(C)(C)C. The molecule has 0 unspecified atom stereocenters. The Balaban J connectivity index is 1.82. The van der Waals surface area contributed by atoms with Gasteiger partial charge in [-0.1, -0.05) is 11.6 Å². The summed E-state index contributed by atoms with van der Waals surface area (Å²) in [6.45, 7) is 8.51. The predicted molar refractivity (Wildman–Crippen MR) is 114 cm³/mol. The second-order valence-corrected chi connectivity index (χ2v) is 8.88. The number of ether oxygens (including phenoxy) is 1. The van der Waals surface area contributed by atoms with Crippen molar-refractivity contribution in [2.75, 3.05) is 43.4 Å². The van der Waals surface area contributed by atoms with Crippen LogP contribution >= 0.6 is 27.5 Å². The van der Waals surface area contributed by atoms with Gasteiger partial charge in [-0.15, -0.1) is 0 Å². The number of carbonyl (C=O) groups excluding carboxylic acids is 1. The topological polar surface area (TPSA) is 57.7 Å². The highest BCUT2D eigenvalue weighted by atomic mass is 79.9. The highest BCUT2D eigenvalue weighted by molar-refractivity contribution is 9.10. The quantitative estimate of drug-likeness (QED) is 0.724. The minimum atomic E-state index is -0.501. The molecule has 0 atom stereocenters. The third-order valence-electron chi connectivity index (χ3n) is 4.31. The highest BCUT2D eigenvalue weighted by Crippen LogP contribution is 2.38. The number of likely N-dealkylation sites (N-methyl/N-ethyl adjacent to an activating group) is 1. The molecule has 0 radical (unpaired) electrons. The van der Waals surface area contributed by atoms with Crippen molar-refractivity contribution in [2.24, 2.45) is 0 Å². The Labute approximate surface area is 172 Å². The van der Waals surface area contributed by atoms with Crippen LogP contribution in [-0.4, -0.2) is 54.8 Å². The molecule has 1 aromatic heterocycles. The van der Waals surface area contributed by atoms with Gasteiger partial charge in [-0.2, -0.15) is 0 Å². The maximum atomic E-state index is 12.2. The third kappa shape index (κ3) is 4.58. The van der Waals surface area contributed by atoms with Crippen LogP contribution in [0.3, 0.4) is 0 Å². The average Bonchev–Trinajstić information content (AvgIpc) is 2.59. The lowest BCUT2D eigenvalue weighted by Crippen LogP contribution is -2.42. The molecule has 0 fully saturated rings. The van der Waals surface area contributed by atoms with Gasteiger partial charge in [0.25, 0.3) is 0 Å². The molecule has 1 aromatic carbocycles. The first-order valence-corrected chi connectivity index (χ1v) is 10.0. The van der Waals surface area contributed by atoms with E-state index >= 15 is 0 Å². The summed E-state index contributed by atoms with van der Waals surface area (Å²) in [6.07, 6.45) is 1.53. The van der Waals surface area contributed by atoms with Gasteiger partial charge in [-0.25, -0.2) is 4.79 Å². The second kappa shape index (κ2) is 7.72. The van der Waals surface area contributed by atoms with Crippen molar-refractivity contribution >= 4 is 55.9 Å². The molecule has 8 heteroatoms. The van der Waals surface area contributed by atoms with Gasteiger partial charge in [0, 0.05) is 43.1 Å². The molecule has 0 spiro atoms. The number of hydrogen-bond donors (Lipinski definition) is 1. The summed E-state index contributed by atoms with van der Waals surface area (Å²) in [7, 11) is 1.76. The van der Waals surface area contributed by atoms with Crippen LogP contribution in [0.25, 0.3) is 10.9 Å². The molecule has 0 saturated heterocycles. The summed E-state index contributed by atoms with van der Waals surface area (Å²) in [5, 5.41) is 5.04. The fourth-order valence-electron chi connectivity index (χ4n) is 3.01. The van der Waals surface area contributed by atoms with E-state index in [1.165, 1.54) is 0 Å². The molecule has 1 amide bonds. The largest absolute Gasteiger partial charge is 0.444 e. The number of nitrogens with one attached hydrogen (secondary N) is 1. The third-order valence-corrected chi connectivity index (χ3v) is 5.50. The number of pyridine rings is 1. The van der Waals surface area contributed by atoms with Crippen LogP contribution in [0.5, 0.6) is 0 Å². The summed E-state index contributed by atoms with van der Waals surface area (Å²) in [6, 6.07) is 3.86. The first-order chi connectivity index (χ1) is 12.7. The van der Waals surface area contributed by atoms with Crippen molar-refractivity contribution in [3.05, 3.63) is 27.8 Å². The highest BCUT2D eigenvalue weighted by Gasteiger charge is 2.23. The molecule has 1 aliphatic rings. The van der Waals surface area contributed by atoms with Crippen molar-refractivity contribution < 1.29 is 9.53 Å². The first kappa shape index (κ1) is 20.0. The van der Waals surface area contributed by atoms with Crippen molar-refractivity contribution in [3.8, 4) is 0 Å². The Morgan fingerprint density at radius 3 is 2.89 bits per heavy atom. The molecular formula is C19H24BrClN4O2. The number of halogens is 2. The zero-order chi connectivity index (χ0) is 19.8. The fourth-order valence-corrected chi connectivity index (χ4v) is 3.50. The van der Waals surface area contributed by atoms with Gasteiger partial charge in [-0.05, 0) is 48.8 Å². The molecule has 3 rings (SSSR count). The molecule has 1 aliphatic heterocycles. The summed E-state index contributed by atoms with van der Waals surface area (Å²) >= 11 is 9.78. The summed E-state index contributed by atoms with van der Waals surface area (Å²) in [5.74, 6) is 0. The molecule has 0 bridgehead atoms. The van der Waals surface area contributed by atoms with Crippen LogP contribution in [-0.2, 0) is 4.74 Å². The Kier molecular flexibility index (Phi) is 5.72. The van der Waals surface area contributed by atoms with Crippen LogP contribution in [0.1, 0.15) is 20.8 Å². The van der Waals surface area contributed by atoms with E-state index in [-0.39, 0.29) is 6.09 Å². The van der Waals surface area contributed by atoms with Gasteiger partial charge >= 0.3 is 6.09 Å². The number of amides is 1. The van der Waals surface area contributed by atoms with E-state index in [0.717, 1.165) is 39.8 Å². The van der Waals surface area contributed by atoms with Crippen LogP contribution in [0.4, 0.5) is 16.2 Å². The molecule has 6 nitrogen and oxygen atoms in total. The number of carbonyl (C=O) groups is 1. The fraction of sp³-hybridized carbons (Fsp3) is 0.474. The molecule has 2 heterocycles. The molecular weight excluding hydrogens is 432 g/mol. The smallest absolute Gasteiger partial charge is 0.410 e. The Hall–Kier alpha value is -1.73. The average molecular weight is 456 g/mol.